The first kappa shape index (κ1) is 17.8. The van der Waals surface area contributed by atoms with Crippen molar-refractivity contribution in [3.8, 4) is 0 Å². The highest BCUT2D eigenvalue weighted by atomic mass is 35.5. The normalized spacial score (nSPS) is 15.8. The number of nitrogens with zero attached hydrogens (tertiary/aromatic N) is 2. The Morgan fingerprint density at radius 2 is 2.13 bits per heavy atom. The molecule has 1 N–H and O–H groups in total. The molecule has 5 nitrogen and oxygen atoms in total. The number of rotatable bonds is 6. The highest BCUT2D eigenvalue weighted by molar-refractivity contribution is 6.32. The Bertz CT molecular complexity index is 555. The molecule has 1 heterocycles. The van der Waals surface area contributed by atoms with Gasteiger partial charge in [-0.2, -0.15) is 0 Å². The van der Waals surface area contributed by atoms with Gasteiger partial charge in [0.2, 0.25) is 5.91 Å². The quantitative estimate of drug-likeness (QED) is 0.805. The Balaban J connectivity index is 1.79. The zero-order valence-corrected chi connectivity index (χ0v) is 14.5. The molecule has 0 aromatic heterocycles. The number of carbonyl (C=O) groups excluding carboxylic acids is 1. The standard InChI is InChI=1S/C17H24ClN3O2/c1-20(2)15-5-3-14(16(18)13-15)4-6-17(22)19-7-8-21-9-11-23-12-10-21/h3-6,13H,7-12H2,1-2H3,(H,19,22)/b6-4+. The maximum atomic E-state index is 11.9. The van der Waals surface area contributed by atoms with E-state index in [9.17, 15) is 4.79 Å². The fraction of sp³-hybridized carbons (Fsp3) is 0.471. The molecule has 1 fully saturated rings. The van der Waals surface area contributed by atoms with Gasteiger partial charge < -0.3 is 15.0 Å². The van der Waals surface area contributed by atoms with Gasteiger partial charge in [0.15, 0.2) is 0 Å². The summed E-state index contributed by atoms with van der Waals surface area (Å²) < 4.78 is 5.29. The number of halogens is 1. The van der Waals surface area contributed by atoms with E-state index in [1.807, 2.05) is 37.2 Å². The van der Waals surface area contributed by atoms with Crippen LogP contribution in [0, 0.1) is 0 Å². The van der Waals surface area contributed by atoms with Crippen LogP contribution in [0.4, 0.5) is 5.69 Å². The van der Waals surface area contributed by atoms with E-state index < -0.39 is 0 Å². The van der Waals surface area contributed by atoms with Crippen LogP contribution in [-0.4, -0.2) is 64.3 Å². The third-order valence-corrected chi connectivity index (χ3v) is 4.07. The summed E-state index contributed by atoms with van der Waals surface area (Å²) in [6.45, 7) is 4.89. The van der Waals surface area contributed by atoms with Gasteiger partial charge in [-0.15, -0.1) is 0 Å². The van der Waals surface area contributed by atoms with Crippen molar-refractivity contribution in [1.82, 2.24) is 10.2 Å². The molecule has 0 unspecified atom stereocenters. The SMILES string of the molecule is CN(C)c1ccc(/C=C/C(=O)NCCN2CCOCC2)c(Cl)c1. The lowest BCUT2D eigenvalue weighted by Crippen LogP contribution is -2.41. The molecule has 23 heavy (non-hydrogen) atoms. The van der Waals surface area contributed by atoms with Crippen molar-refractivity contribution < 1.29 is 9.53 Å². The lowest BCUT2D eigenvalue weighted by Gasteiger charge is -2.26. The Morgan fingerprint density at radius 1 is 1.39 bits per heavy atom. The summed E-state index contributed by atoms with van der Waals surface area (Å²) in [6.07, 6.45) is 3.27. The van der Waals surface area contributed by atoms with Crippen molar-refractivity contribution in [2.45, 2.75) is 0 Å². The van der Waals surface area contributed by atoms with Gasteiger partial charge >= 0.3 is 0 Å². The van der Waals surface area contributed by atoms with Crippen LogP contribution in [0.25, 0.3) is 6.08 Å². The largest absolute Gasteiger partial charge is 0.379 e. The minimum Gasteiger partial charge on any atom is -0.379 e. The van der Waals surface area contributed by atoms with Gasteiger partial charge in [-0.3, -0.25) is 9.69 Å². The van der Waals surface area contributed by atoms with E-state index >= 15 is 0 Å². The van der Waals surface area contributed by atoms with E-state index in [0.717, 1.165) is 44.1 Å². The third kappa shape index (κ3) is 5.86. The average molecular weight is 338 g/mol. The van der Waals surface area contributed by atoms with Crippen molar-refractivity contribution in [3.05, 3.63) is 34.9 Å². The molecule has 0 atom stereocenters. The number of hydrogen-bond donors (Lipinski definition) is 1. The molecule has 0 radical (unpaired) electrons. The van der Waals surface area contributed by atoms with Gasteiger partial charge in [-0.05, 0) is 23.8 Å². The first-order valence-corrected chi connectivity index (χ1v) is 8.17. The van der Waals surface area contributed by atoms with Crippen molar-refractivity contribution >= 4 is 29.3 Å². The number of ether oxygens (including phenoxy) is 1. The Labute approximate surface area is 142 Å². The third-order valence-electron chi connectivity index (χ3n) is 3.75. The van der Waals surface area contributed by atoms with Gasteiger partial charge in [0.25, 0.3) is 0 Å². The average Bonchev–Trinajstić information content (AvgIpc) is 2.54. The summed E-state index contributed by atoms with van der Waals surface area (Å²) in [5.74, 6) is -0.106. The second-order valence-electron chi connectivity index (χ2n) is 5.68. The molecule has 2 rings (SSSR count). The molecular formula is C17H24ClN3O2. The fourth-order valence-electron chi connectivity index (χ4n) is 2.32. The number of nitrogens with one attached hydrogen (secondary N) is 1. The van der Waals surface area contributed by atoms with Crippen LogP contribution >= 0.6 is 11.6 Å². The molecule has 1 aromatic carbocycles. The second kappa shape index (κ2) is 8.91. The van der Waals surface area contributed by atoms with Gasteiger partial charge in [0.1, 0.15) is 0 Å². The van der Waals surface area contributed by atoms with Gasteiger partial charge in [0.05, 0.1) is 13.2 Å². The molecule has 6 heteroatoms. The van der Waals surface area contributed by atoms with E-state index in [1.54, 1.807) is 6.08 Å². The smallest absolute Gasteiger partial charge is 0.244 e. The molecule has 0 spiro atoms. The highest BCUT2D eigenvalue weighted by Crippen LogP contribution is 2.23. The number of carbonyl (C=O) groups is 1. The number of anilines is 1. The molecule has 0 aliphatic carbocycles. The number of hydrogen-bond acceptors (Lipinski definition) is 4. The lowest BCUT2D eigenvalue weighted by atomic mass is 10.2. The molecule has 1 amide bonds. The molecule has 126 valence electrons. The molecule has 0 bridgehead atoms. The van der Waals surface area contributed by atoms with Crippen LogP contribution in [0.15, 0.2) is 24.3 Å². The van der Waals surface area contributed by atoms with Crippen molar-refractivity contribution in [1.29, 1.82) is 0 Å². The van der Waals surface area contributed by atoms with Crippen LogP contribution in [0.1, 0.15) is 5.56 Å². The van der Waals surface area contributed by atoms with Crippen LogP contribution in [-0.2, 0) is 9.53 Å². The van der Waals surface area contributed by atoms with Crippen molar-refractivity contribution in [3.63, 3.8) is 0 Å². The van der Waals surface area contributed by atoms with Gasteiger partial charge in [-0.25, -0.2) is 0 Å². The van der Waals surface area contributed by atoms with Crippen LogP contribution < -0.4 is 10.2 Å². The Morgan fingerprint density at radius 3 is 2.78 bits per heavy atom. The number of morpholine rings is 1. The topological polar surface area (TPSA) is 44.8 Å². The predicted octanol–water partition coefficient (Wildman–Crippen LogP) is 1.87. The van der Waals surface area contributed by atoms with Crippen molar-refractivity contribution in [2.75, 3.05) is 58.4 Å². The summed E-state index contributed by atoms with van der Waals surface area (Å²) in [4.78, 5) is 16.1. The highest BCUT2D eigenvalue weighted by Gasteiger charge is 2.09. The second-order valence-corrected chi connectivity index (χ2v) is 6.09. The zero-order valence-electron chi connectivity index (χ0n) is 13.7. The molecule has 1 saturated heterocycles. The van der Waals surface area contributed by atoms with Crippen LogP contribution in [0.5, 0.6) is 0 Å². The molecule has 1 aliphatic rings. The minimum absolute atomic E-state index is 0.106. The molecule has 1 aromatic rings. The summed E-state index contributed by atoms with van der Waals surface area (Å²) >= 11 is 6.23. The summed E-state index contributed by atoms with van der Waals surface area (Å²) in [6, 6.07) is 5.77. The first-order chi connectivity index (χ1) is 11.1. The summed E-state index contributed by atoms with van der Waals surface area (Å²) in [5.41, 5.74) is 1.86. The van der Waals surface area contributed by atoms with E-state index in [4.69, 9.17) is 16.3 Å². The predicted molar refractivity (Wildman–Crippen MR) is 95.1 cm³/mol. The van der Waals surface area contributed by atoms with E-state index in [0.29, 0.717) is 11.6 Å². The minimum atomic E-state index is -0.106. The first-order valence-electron chi connectivity index (χ1n) is 7.79. The van der Waals surface area contributed by atoms with Crippen molar-refractivity contribution in [2.24, 2.45) is 0 Å². The van der Waals surface area contributed by atoms with Crippen LogP contribution in [0.2, 0.25) is 5.02 Å². The summed E-state index contributed by atoms with van der Waals surface area (Å²) in [7, 11) is 3.92. The molecular weight excluding hydrogens is 314 g/mol. The lowest BCUT2D eigenvalue weighted by molar-refractivity contribution is -0.116. The van der Waals surface area contributed by atoms with Crippen LogP contribution in [0.3, 0.4) is 0 Å². The van der Waals surface area contributed by atoms with E-state index in [-0.39, 0.29) is 5.91 Å². The number of amides is 1. The maximum Gasteiger partial charge on any atom is 0.244 e. The van der Waals surface area contributed by atoms with E-state index in [1.165, 1.54) is 6.08 Å². The fourth-order valence-corrected chi connectivity index (χ4v) is 2.55. The van der Waals surface area contributed by atoms with Gasteiger partial charge in [-0.1, -0.05) is 17.7 Å². The molecule has 1 aliphatic heterocycles. The Hall–Kier alpha value is -1.56. The summed E-state index contributed by atoms with van der Waals surface area (Å²) in [5, 5.41) is 3.52. The van der Waals surface area contributed by atoms with E-state index in [2.05, 4.69) is 10.2 Å². The Kier molecular flexibility index (Phi) is 6.89. The number of benzene rings is 1. The van der Waals surface area contributed by atoms with Gasteiger partial charge in [0, 0.05) is 57.1 Å². The molecule has 0 saturated carbocycles. The monoisotopic (exact) mass is 337 g/mol. The maximum absolute atomic E-state index is 11.9. The zero-order chi connectivity index (χ0) is 16.7.